The monoisotopic (exact) mass is 240 g/mol. The molecule has 1 amide bonds. The molecule has 0 aliphatic heterocycles. The molecule has 0 aromatic heterocycles. The Kier molecular flexibility index (Phi) is 3.47. The van der Waals surface area contributed by atoms with Crippen molar-refractivity contribution in [2.75, 3.05) is 5.32 Å². The third-order valence-electron chi connectivity index (χ3n) is 2.06. The molecule has 0 heterocycles. The Morgan fingerprint density at radius 2 is 2.00 bits per heavy atom. The lowest BCUT2D eigenvalue weighted by Crippen LogP contribution is -2.45. The van der Waals surface area contributed by atoms with E-state index >= 15 is 0 Å². The third-order valence-corrected chi connectivity index (χ3v) is 2.06. The van der Waals surface area contributed by atoms with Crippen LogP contribution in [0.1, 0.15) is 24.2 Å². The van der Waals surface area contributed by atoms with Gasteiger partial charge in [-0.25, -0.2) is 9.18 Å². The fraction of sp³-hybridized carbons (Fsp3) is 0.273. The lowest BCUT2D eigenvalue weighted by atomic mass is 10.1. The van der Waals surface area contributed by atoms with Crippen LogP contribution in [0.4, 0.5) is 10.1 Å². The summed E-state index contributed by atoms with van der Waals surface area (Å²) in [6.07, 6.45) is 0. The summed E-state index contributed by atoms with van der Waals surface area (Å²) in [5.74, 6) is -2.95. The third kappa shape index (κ3) is 3.01. The number of hydrogen-bond donors (Lipinski definition) is 3. The van der Waals surface area contributed by atoms with Gasteiger partial charge in [-0.2, -0.15) is 0 Å². The van der Waals surface area contributed by atoms with Crippen LogP contribution in [0.2, 0.25) is 0 Å². The number of aromatic carboxylic acids is 1. The maximum Gasteiger partial charge on any atom is 0.340 e. The van der Waals surface area contributed by atoms with Crippen LogP contribution in [0.5, 0.6) is 0 Å². The fourth-order valence-corrected chi connectivity index (χ4v) is 1.13. The van der Waals surface area contributed by atoms with Crippen molar-refractivity contribution in [2.45, 2.75) is 19.4 Å². The first-order valence-corrected chi connectivity index (χ1v) is 4.85. The van der Waals surface area contributed by atoms with E-state index in [1.165, 1.54) is 26.0 Å². The molecule has 0 aliphatic rings. The molecule has 5 nitrogen and oxygen atoms in total. The molecule has 92 valence electrons. The highest BCUT2D eigenvalue weighted by Gasteiger charge is 2.24. The van der Waals surface area contributed by atoms with Gasteiger partial charge < -0.3 is 16.2 Å². The van der Waals surface area contributed by atoms with E-state index in [0.29, 0.717) is 0 Å². The van der Waals surface area contributed by atoms with Gasteiger partial charge in [-0.15, -0.1) is 0 Å². The molecule has 0 bridgehead atoms. The molecule has 0 unspecified atom stereocenters. The lowest BCUT2D eigenvalue weighted by molar-refractivity contribution is -0.120. The zero-order chi connectivity index (χ0) is 13.2. The van der Waals surface area contributed by atoms with Crippen molar-refractivity contribution >= 4 is 17.6 Å². The van der Waals surface area contributed by atoms with Gasteiger partial charge in [0, 0.05) is 0 Å². The second-order valence-corrected chi connectivity index (χ2v) is 4.14. The van der Waals surface area contributed by atoms with Gasteiger partial charge in [-0.05, 0) is 26.0 Å². The normalized spacial score (nSPS) is 11.1. The van der Waals surface area contributed by atoms with Crippen molar-refractivity contribution in [3.05, 3.63) is 29.6 Å². The molecule has 0 aliphatic carbocycles. The number of carbonyl (C=O) groups is 2. The Hall–Kier alpha value is -1.95. The Morgan fingerprint density at radius 3 is 2.47 bits per heavy atom. The van der Waals surface area contributed by atoms with Crippen LogP contribution < -0.4 is 11.1 Å². The molecular weight excluding hydrogens is 227 g/mol. The summed E-state index contributed by atoms with van der Waals surface area (Å²) in [7, 11) is 0. The fourth-order valence-electron chi connectivity index (χ4n) is 1.13. The molecule has 17 heavy (non-hydrogen) atoms. The SMILES string of the molecule is CC(C)(N)C(=O)Nc1cccc(F)c1C(=O)O. The Labute approximate surface area is 97.4 Å². The molecule has 1 aromatic rings. The minimum atomic E-state index is -1.45. The lowest BCUT2D eigenvalue weighted by Gasteiger charge is -2.18. The van der Waals surface area contributed by atoms with Gasteiger partial charge in [0.25, 0.3) is 0 Å². The van der Waals surface area contributed by atoms with E-state index in [1.54, 1.807) is 0 Å². The number of benzene rings is 1. The average Bonchev–Trinajstić information content (AvgIpc) is 2.15. The zero-order valence-corrected chi connectivity index (χ0v) is 9.45. The molecule has 1 aromatic carbocycles. The van der Waals surface area contributed by atoms with Crippen molar-refractivity contribution in [2.24, 2.45) is 5.73 Å². The molecule has 6 heteroatoms. The van der Waals surface area contributed by atoms with Crippen molar-refractivity contribution < 1.29 is 19.1 Å². The first kappa shape index (κ1) is 13.1. The minimum Gasteiger partial charge on any atom is -0.478 e. The smallest absolute Gasteiger partial charge is 0.340 e. The maximum atomic E-state index is 13.3. The molecule has 0 fully saturated rings. The zero-order valence-electron chi connectivity index (χ0n) is 9.45. The largest absolute Gasteiger partial charge is 0.478 e. The van der Waals surface area contributed by atoms with E-state index in [2.05, 4.69) is 5.32 Å². The summed E-state index contributed by atoms with van der Waals surface area (Å²) >= 11 is 0. The van der Waals surface area contributed by atoms with Crippen LogP contribution in [0.25, 0.3) is 0 Å². The summed E-state index contributed by atoms with van der Waals surface area (Å²) in [6, 6.07) is 3.61. The number of halogens is 1. The maximum absolute atomic E-state index is 13.3. The van der Waals surface area contributed by atoms with Crippen molar-refractivity contribution in [3.63, 3.8) is 0 Å². The van der Waals surface area contributed by atoms with Crippen LogP contribution in [0.3, 0.4) is 0 Å². The number of carboxylic acid groups (broad SMARTS) is 1. The van der Waals surface area contributed by atoms with E-state index in [4.69, 9.17) is 10.8 Å². The summed E-state index contributed by atoms with van der Waals surface area (Å²) in [6.45, 7) is 2.92. The number of amides is 1. The van der Waals surface area contributed by atoms with E-state index in [-0.39, 0.29) is 5.69 Å². The molecule has 0 radical (unpaired) electrons. The van der Waals surface area contributed by atoms with Gasteiger partial charge in [-0.1, -0.05) is 6.07 Å². The highest BCUT2D eigenvalue weighted by molar-refractivity contribution is 6.03. The second-order valence-electron chi connectivity index (χ2n) is 4.14. The Balaban J connectivity index is 3.12. The van der Waals surface area contributed by atoms with Crippen LogP contribution in [0, 0.1) is 5.82 Å². The highest BCUT2D eigenvalue weighted by atomic mass is 19.1. The summed E-state index contributed by atoms with van der Waals surface area (Å²) in [4.78, 5) is 22.4. The molecule has 0 spiro atoms. The number of nitrogens with one attached hydrogen (secondary N) is 1. The summed E-state index contributed by atoms with van der Waals surface area (Å²) in [5.41, 5.74) is 3.67. The van der Waals surface area contributed by atoms with Gasteiger partial charge in [0.1, 0.15) is 11.4 Å². The number of nitrogens with two attached hydrogens (primary N) is 1. The topological polar surface area (TPSA) is 92.4 Å². The Morgan fingerprint density at radius 1 is 1.41 bits per heavy atom. The molecule has 1 rings (SSSR count). The van der Waals surface area contributed by atoms with Crippen LogP contribution in [-0.2, 0) is 4.79 Å². The number of carboxylic acids is 1. The molecular formula is C11H13FN2O3. The van der Waals surface area contributed by atoms with Crippen LogP contribution in [-0.4, -0.2) is 22.5 Å². The van der Waals surface area contributed by atoms with E-state index in [0.717, 1.165) is 6.07 Å². The van der Waals surface area contributed by atoms with E-state index in [1.807, 2.05) is 0 Å². The van der Waals surface area contributed by atoms with E-state index in [9.17, 15) is 14.0 Å². The van der Waals surface area contributed by atoms with Crippen molar-refractivity contribution in [1.29, 1.82) is 0 Å². The predicted molar refractivity (Wildman–Crippen MR) is 60.3 cm³/mol. The first-order chi connectivity index (χ1) is 7.73. The number of anilines is 1. The van der Waals surface area contributed by atoms with Crippen LogP contribution >= 0.6 is 0 Å². The summed E-state index contributed by atoms with van der Waals surface area (Å²) < 4.78 is 13.3. The second kappa shape index (κ2) is 4.50. The van der Waals surface area contributed by atoms with Gasteiger partial charge >= 0.3 is 5.97 Å². The summed E-state index contributed by atoms with van der Waals surface area (Å²) in [5, 5.41) is 11.1. The predicted octanol–water partition coefficient (Wildman–Crippen LogP) is 1.20. The van der Waals surface area contributed by atoms with Crippen molar-refractivity contribution in [3.8, 4) is 0 Å². The molecule has 0 saturated carbocycles. The van der Waals surface area contributed by atoms with E-state index < -0.39 is 28.8 Å². The first-order valence-electron chi connectivity index (χ1n) is 4.85. The standard InChI is InChI=1S/C11H13FN2O3/c1-11(2,13)10(17)14-7-5-3-4-6(12)8(7)9(15)16/h3-5H,13H2,1-2H3,(H,14,17)(H,15,16). The van der Waals surface area contributed by atoms with Crippen LogP contribution in [0.15, 0.2) is 18.2 Å². The number of carbonyl (C=O) groups excluding carboxylic acids is 1. The number of hydrogen-bond acceptors (Lipinski definition) is 3. The molecule has 0 atom stereocenters. The molecule has 0 saturated heterocycles. The van der Waals surface area contributed by atoms with Gasteiger partial charge in [0.05, 0.1) is 11.2 Å². The minimum absolute atomic E-state index is 0.110. The highest BCUT2D eigenvalue weighted by Crippen LogP contribution is 2.19. The molecule has 4 N–H and O–H groups in total. The van der Waals surface area contributed by atoms with Gasteiger partial charge in [0.15, 0.2) is 0 Å². The van der Waals surface area contributed by atoms with Crippen molar-refractivity contribution in [1.82, 2.24) is 0 Å². The van der Waals surface area contributed by atoms with Gasteiger partial charge in [-0.3, -0.25) is 4.79 Å². The van der Waals surface area contributed by atoms with Gasteiger partial charge in [0.2, 0.25) is 5.91 Å². The average molecular weight is 240 g/mol. The quantitative estimate of drug-likeness (QED) is 0.740. The number of rotatable bonds is 3. The Bertz CT molecular complexity index is 466.